The minimum atomic E-state index is -4.36. The number of fused-ring (bicyclic) bond motifs is 1. The van der Waals surface area contributed by atoms with E-state index in [1.807, 2.05) is 6.07 Å². The van der Waals surface area contributed by atoms with Crippen molar-refractivity contribution in [2.75, 3.05) is 18.5 Å². The molecule has 1 aromatic carbocycles. The number of alkyl halides is 3. The fourth-order valence-electron chi connectivity index (χ4n) is 1.57. The largest absolute Gasteiger partial charge is 0.416 e. The Balaban J connectivity index is 2.33. The Labute approximate surface area is 111 Å². The van der Waals surface area contributed by atoms with E-state index in [-0.39, 0.29) is 0 Å². The summed E-state index contributed by atoms with van der Waals surface area (Å²) in [5, 5.41) is 9.12. The zero-order valence-corrected chi connectivity index (χ0v) is 10.8. The first kappa shape index (κ1) is 13.6. The molecule has 0 aliphatic heterocycles. The van der Waals surface area contributed by atoms with Gasteiger partial charge in [0.25, 0.3) is 0 Å². The summed E-state index contributed by atoms with van der Waals surface area (Å²) in [6.45, 7) is 0.502. The molecule has 1 aromatic heterocycles. The third-order valence-corrected chi connectivity index (χ3v) is 3.74. The van der Waals surface area contributed by atoms with Crippen molar-refractivity contribution in [2.24, 2.45) is 0 Å². The SMILES string of the molecule is CN(CCC#N)c1nc2cc(C(F)(F)F)ccc2s1. The van der Waals surface area contributed by atoms with Crippen LogP contribution in [0.15, 0.2) is 18.2 Å². The van der Waals surface area contributed by atoms with Crippen LogP contribution in [0, 0.1) is 11.3 Å². The summed E-state index contributed by atoms with van der Waals surface area (Å²) >= 11 is 1.31. The Kier molecular flexibility index (Phi) is 3.62. The quantitative estimate of drug-likeness (QED) is 0.864. The molecule has 1 heterocycles. The second-order valence-corrected chi connectivity index (χ2v) is 5.02. The fourth-order valence-corrected chi connectivity index (χ4v) is 2.50. The molecule has 0 N–H and O–H groups in total. The van der Waals surface area contributed by atoms with Gasteiger partial charge in [0.1, 0.15) is 0 Å². The highest BCUT2D eigenvalue weighted by Gasteiger charge is 2.30. The molecular formula is C12H10F3N3S. The summed E-state index contributed by atoms with van der Waals surface area (Å²) in [4.78, 5) is 5.94. The van der Waals surface area contributed by atoms with Crippen LogP contribution in [0.5, 0.6) is 0 Å². The molecule has 0 radical (unpaired) electrons. The molecule has 3 nitrogen and oxygen atoms in total. The number of hydrogen-bond acceptors (Lipinski definition) is 4. The zero-order valence-electron chi connectivity index (χ0n) is 10.0. The van der Waals surface area contributed by atoms with Gasteiger partial charge in [0.05, 0.1) is 28.3 Å². The van der Waals surface area contributed by atoms with Crippen LogP contribution in [-0.4, -0.2) is 18.6 Å². The van der Waals surface area contributed by atoms with Crippen molar-refractivity contribution in [2.45, 2.75) is 12.6 Å². The van der Waals surface area contributed by atoms with E-state index < -0.39 is 11.7 Å². The van der Waals surface area contributed by atoms with E-state index >= 15 is 0 Å². The van der Waals surface area contributed by atoms with Crippen LogP contribution in [-0.2, 0) is 6.18 Å². The predicted octanol–water partition coefficient (Wildman–Crippen LogP) is 3.66. The number of anilines is 1. The highest BCUT2D eigenvalue weighted by molar-refractivity contribution is 7.22. The number of halogens is 3. The molecule has 0 spiro atoms. The van der Waals surface area contributed by atoms with Gasteiger partial charge >= 0.3 is 6.18 Å². The lowest BCUT2D eigenvalue weighted by Crippen LogP contribution is -2.17. The molecule has 0 saturated carbocycles. The zero-order chi connectivity index (χ0) is 14.0. The van der Waals surface area contributed by atoms with E-state index in [9.17, 15) is 13.2 Å². The van der Waals surface area contributed by atoms with Crippen molar-refractivity contribution < 1.29 is 13.2 Å². The summed E-state index contributed by atoms with van der Waals surface area (Å²) in [7, 11) is 1.76. The Bertz CT molecular complexity index is 627. The monoisotopic (exact) mass is 285 g/mol. The van der Waals surface area contributed by atoms with E-state index in [1.165, 1.54) is 17.4 Å². The maximum atomic E-state index is 12.6. The van der Waals surface area contributed by atoms with Gasteiger partial charge in [0, 0.05) is 13.6 Å². The van der Waals surface area contributed by atoms with Crippen molar-refractivity contribution >= 4 is 26.7 Å². The lowest BCUT2D eigenvalue weighted by atomic mass is 10.2. The van der Waals surface area contributed by atoms with E-state index in [0.29, 0.717) is 28.3 Å². The summed E-state index contributed by atoms with van der Waals surface area (Å²) in [5.74, 6) is 0. The molecule has 0 aliphatic rings. The molecule has 2 rings (SSSR count). The van der Waals surface area contributed by atoms with E-state index in [2.05, 4.69) is 4.98 Å². The van der Waals surface area contributed by atoms with Gasteiger partial charge in [-0.3, -0.25) is 0 Å². The fraction of sp³-hybridized carbons (Fsp3) is 0.333. The Hall–Kier alpha value is -1.81. The Morgan fingerprint density at radius 3 is 2.79 bits per heavy atom. The molecule has 0 saturated heterocycles. The number of benzene rings is 1. The molecule has 0 fully saturated rings. The lowest BCUT2D eigenvalue weighted by molar-refractivity contribution is -0.137. The first-order valence-corrected chi connectivity index (χ1v) is 6.29. The lowest BCUT2D eigenvalue weighted by Gasteiger charge is -2.12. The van der Waals surface area contributed by atoms with Gasteiger partial charge in [-0.2, -0.15) is 18.4 Å². The topological polar surface area (TPSA) is 39.9 Å². The minimum Gasteiger partial charge on any atom is -0.350 e. The first-order chi connectivity index (χ1) is 8.91. The number of nitriles is 1. The third-order valence-electron chi connectivity index (χ3n) is 2.59. The van der Waals surface area contributed by atoms with Gasteiger partial charge in [0.2, 0.25) is 0 Å². The van der Waals surface area contributed by atoms with Crippen LogP contribution in [0.25, 0.3) is 10.2 Å². The molecule has 0 aliphatic carbocycles. The van der Waals surface area contributed by atoms with Gasteiger partial charge in [-0.05, 0) is 18.2 Å². The number of aromatic nitrogens is 1. The normalized spacial score (nSPS) is 11.5. The minimum absolute atomic E-state index is 0.332. The first-order valence-electron chi connectivity index (χ1n) is 5.47. The maximum Gasteiger partial charge on any atom is 0.416 e. The highest BCUT2D eigenvalue weighted by atomic mass is 32.1. The van der Waals surface area contributed by atoms with Crippen molar-refractivity contribution in [1.29, 1.82) is 5.26 Å². The van der Waals surface area contributed by atoms with Gasteiger partial charge in [-0.25, -0.2) is 4.98 Å². The van der Waals surface area contributed by atoms with Crippen molar-refractivity contribution in [3.63, 3.8) is 0 Å². The average Bonchev–Trinajstić information content (AvgIpc) is 2.77. The van der Waals surface area contributed by atoms with E-state index in [1.54, 1.807) is 11.9 Å². The smallest absolute Gasteiger partial charge is 0.350 e. The van der Waals surface area contributed by atoms with Crippen LogP contribution >= 0.6 is 11.3 Å². The molecule has 0 unspecified atom stereocenters. The number of thiazole rings is 1. The van der Waals surface area contributed by atoms with Crippen LogP contribution in [0.1, 0.15) is 12.0 Å². The maximum absolute atomic E-state index is 12.6. The molecule has 0 amide bonds. The number of rotatable bonds is 3. The van der Waals surface area contributed by atoms with Crippen LogP contribution < -0.4 is 4.90 Å². The van der Waals surface area contributed by atoms with Gasteiger partial charge in [0.15, 0.2) is 5.13 Å². The molecule has 100 valence electrons. The van der Waals surface area contributed by atoms with Gasteiger partial charge in [-0.1, -0.05) is 11.3 Å². The Morgan fingerprint density at radius 2 is 2.16 bits per heavy atom. The van der Waals surface area contributed by atoms with E-state index in [4.69, 9.17) is 5.26 Å². The summed E-state index contributed by atoms with van der Waals surface area (Å²) in [5.41, 5.74) is -0.366. The molecule has 0 atom stereocenters. The second kappa shape index (κ2) is 5.05. The molecular weight excluding hydrogens is 275 g/mol. The highest BCUT2D eigenvalue weighted by Crippen LogP contribution is 2.34. The summed E-state index contributed by atoms with van der Waals surface area (Å²) in [6.07, 6.45) is -4.01. The van der Waals surface area contributed by atoms with Crippen LogP contribution in [0.4, 0.5) is 18.3 Å². The Morgan fingerprint density at radius 1 is 1.42 bits per heavy atom. The molecule has 2 aromatic rings. The molecule has 19 heavy (non-hydrogen) atoms. The van der Waals surface area contributed by atoms with Gasteiger partial charge in [-0.15, -0.1) is 0 Å². The van der Waals surface area contributed by atoms with E-state index in [0.717, 1.165) is 12.1 Å². The van der Waals surface area contributed by atoms with Crippen molar-refractivity contribution in [3.8, 4) is 6.07 Å². The van der Waals surface area contributed by atoms with Crippen molar-refractivity contribution in [1.82, 2.24) is 4.98 Å². The predicted molar refractivity (Wildman–Crippen MR) is 68.1 cm³/mol. The number of hydrogen-bond donors (Lipinski definition) is 0. The van der Waals surface area contributed by atoms with Crippen molar-refractivity contribution in [3.05, 3.63) is 23.8 Å². The second-order valence-electron chi connectivity index (χ2n) is 4.01. The summed E-state index contributed by atoms with van der Waals surface area (Å²) < 4.78 is 38.4. The standard InChI is InChI=1S/C12H10F3N3S/c1-18(6-2-5-16)11-17-9-7-8(12(13,14)15)3-4-10(9)19-11/h3-4,7H,2,6H2,1H3. The molecule has 7 heteroatoms. The average molecular weight is 285 g/mol. The summed E-state index contributed by atoms with van der Waals surface area (Å²) in [6, 6.07) is 5.55. The van der Waals surface area contributed by atoms with Crippen LogP contribution in [0.3, 0.4) is 0 Å². The third kappa shape index (κ3) is 2.96. The molecule has 0 bridgehead atoms. The van der Waals surface area contributed by atoms with Crippen LogP contribution in [0.2, 0.25) is 0 Å². The van der Waals surface area contributed by atoms with Gasteiger partial charge < -0.3 is 4.90 Å². The number of nitrogens with zero attached hydrogens (tertiary/aromatic N) is 3.